The highest BCUT2D eigenvalue weighted by molar-refractivity contribution is 5.71. The lowest BCUT2D eigenvalue weighted by Gasteiger charge is -2.18. The van der Waals surface area contributed by atoms with Gasteiger partial charge in [0.25, 0.3) is 0 Å². The number of nitrogens with zero attached hydrogens (tertiary/aromatic N) is 2. The van der Waals surface area contributed by atoms with Gasteiger partial charge in [0.15, 0.2) is 0 Å². The molecule has 0 N–H and O–H groups in total. The number of amides is 1. The van der Waals surface area contributed by atoms with Gasteiger partial charge in [-0.2, -0.15) is 0 Å². The molecule has 0 spiro atoms. The fourth-order valence-electron chi connectivity index (χ4n) is 1.04. The monoisotopic (exact) mass is 194 g/mol. The summed E-state index contributed by atoms with van der Waals surface area (Å²) in [7, 11) is 0. The van der Waals surface area contributed by atoms with Crippen molar-refractivity contribution in [3.63, 3.8) is 0 Å². The number of rotatable bonds is 4. The third-order valence-electron chi connectivity index (χ3n) is 1.67. The van der Waals surface area contributed by atoms with Crippen molar-refractivity contribution in [1.82, 2.24) is 10.0 Å². The Morgan fingerprint density at radius 1 is 1.57 bits per heavy atom. The Bertz CT molecular complexity index is 287. The lowest BCUT2D eigenvalue weighted by Crippen LogP contribution is -2.28. The van der Waals surface area contributed by atoms with Crippen LogP contribution in [-0.4, -0.2) is 22.6 Å². The van der Waals surface area contributed by atoms with Crippen LogP contribution in [0, 0.1) is 0 Å². The topological polar surface area (TPSA) is 42.4 Å². The van der Waals surface area contributed by atoms with Crippen LogP contribution in [0.25, 0.3) is 0 Å². The van der Waals surface area contributed by atoms with Gasteiger partial charge in [-0.1, -0.05) is 6.07 Å². The molecule has 0 aliphatic carbocycles. The quantitative estimate of drug-likeness (QED) is 0.680. The van der Waals surface area contributed by atoms with Crippen molar-refractivity contribution < 1.29 is 9.63 Å². The zero-order valence-corrected chi connectivity index (χ0v) is 8.43. The summed E-state index contributed by atoms with van der Waals surface area (Å²) >= 11 is 0. The first-order valence-electron chi connectivity index (χ1n) is 4.55. The van der Waals surface area contributed by atoms with E-state index in [0.717, 1.165) is 5.69 Å². The van der Waals surface area contributed by atoms with E-state index < -0.39 is 0 Å². The van der Waals surface area contributed by atoms with Crippen LogP contribution in [0.15, 0.2) is 24.4 Å². The van der Waals surface area contributed by atoms with Gasteiger partial charge in [-0.25, -0.2) is 5.06 Å². The Labute approximate surface area is 83.5 Å². The summed E-state index contributed by atoms with van der Waals surface area (Å²) in [4.78, 5) is 20.4. The summed E-state index contributed by atoms with van der Waals surface area (Å²) in [5.74, 6) is -0.113. The van der Waals surface area contributed by atoms with Gasteiger partial charge in [0.05, 0.1) is 18.8 Å². The molecule has 1 aromatic rings. The van der Waals surface area contributed by atoms with E-state index in [1.165, 1.54) is 12.0 Å². The Hall–Kier alpha value is -1.42. The Balaban J connectivity index is 2.60. The van der Waals surface area contributed by atoms with Crippen molar-refractivity contribution in [3.8, 4) is 0 Å². The van der Waals surface area contributed by atoms with Crippen LogP contribution in [-0.2, 0) is 16.2 Å². The molecule has 0 unspecified atom stereocenters. The highest BCUT2D eigenvalue weighted by Gasteiger charge is 2.09. The molecular formula is C10H14N2O2. The van der Waals surface area contributed by atoms with E-state index in [4.69, 9.17) is 4.84 Å². The summed E-state index contributed by atoms with van der Waals surface area (Å²) in [6.07, 6.45) is 1.69. The van der Waals surface area contributed by atoms with Crippen molar-refractivity contribution in [2.75, 3.05) is 6.61 Å². The van der Waals surface area contributed by atoms with E-state index >= 15 is 0 Å². The Morgan fingerprint density at radius 2 is 2.36 bits per heavy atom. The molecule has 1 heterocycles. The van der Waals surface area contributed by atoms with Gasteiger partial charge in [0.2, 0.25) is 5.91 Å². The number of carbonyl (C=O) groups excluding carboxylic acids is 1. The largest absolute Gasteiger partial charge is 0.273 e. The molecule has 1 amide bonds. The Morgan fingerprint density at radius 3 is 2.86 bits per heavy atom. The van der Waals surface area contributed by atoms with Gasteiger partial charge in [0, 0.05) is 13.1 Å². The van der Waals surface area contributed by atoms with Crippen molar-refractivity contribution in [2.45, 2.75) is 20.4 Å². The van der Waals surface area contributed by atoms with Crippen LogP contribution < -0.4 is 0 Å². The van der Waals surface area contributed by atoms with Crippen LogP contribution in [0.5, 0.6) is 0 Å². The summed E-state index contributed by atoms with van der Waals surface area (Å²) in [6.45, 7) is 4.18. The predicted molar refractivity (Wildman–Crippen MR) is 52.1 cm³/mol. The van der Waals surface area contributed by atoms with E-state index in [2.05, 4.69) is 4.98 Å². The maximum atomic E-state index is 11.1. The highest BCUT2D eigenvalue weighted by Crippen LogP contribution is 2.01. The molecule has 0 fully saturated rings. The van der Waals surface area contributed by atoms with Gasteiger partial charge in [0.1, 0.15) is 0 Å². The van der Waals surface area contributed by atoms with E-state index in [0.29, 0.717) is 13.2 Å². The van der Waals surface area contributed by atoms with Crippen LogP contribution in [0.1, 0.15) is 19.5 Å². The molecule has 0 saturated carbocycles. The van der Waals surface area contributed by atoms with Gasteiger partial charge < -0.3 is 0 Å². The molecule has 4 nitrogen and oxygen atoms in total. The van der Waals surface area contributed by atoms with Crippen LogP contribution in [0.3, 0.4) is 0 Å². The Kier molecular flexibility index (Phi) is 4.07. The fourth-order valence-corrected chi connectivity index (χ4v) is 1.04. The van der Waals surface area contributed by atoms with Crippen molar-refractivity contribution in [2.24, 2.45) is 0 Å². The summed E-state index contributed by atoms with van der Waals surface area (Å²) in [5, 5.41) is 1.31. The smallest absolute Gasteiger partial charge is 0.243 e. The average molecular weight is 194 g/mol. The minimum absolute atomic E-state index is 0.113. The van der Waals surface area contributed by atoms with E-state index in [1.54, 1.807) is 6.20 Å². The molecule has 0 bridgehead atoms. The number of pyridine rings is 1. The second kappa shape index (κ2) is 5.34. The molecule has 0 aliphatic rings. The zero-order chi connectivity index (χ0) is 10.4. The third kappa shape index (κ3) is 3.14. The molecule has 0 saturated heterocycles. The molecule has 76 valence electrons. The van der Waals surface area contributed by atoms with Gasteiger partial charge in [-0.15, -0.1) is 0 Å². The number of hydrogen-bond donors (Lipinski definition) is 0. The molecule has 0 atom stereocenters. The van der Waals surface area contributed by atoms with Crippen LogP contribution in [0.4, 0.5) is 0 Å². The van der Waals surface area contributed by atoms with Crippen LogP contribution >= 0.6 is 0 Å². The lowest BCUT2D eigenvalue weighted by molar-refractivity contribution is -0.186. The maximum Gasteiger partial charge on any atom is 0.243 e. The van der Waals surface area contributed by atoms with Gasteiger partial charge in [-0.05, 0) is 19.1 Å². The predicted octanol–water partition coefficient (Wildman–Crippen LogP) is 1.38. The molecule has 1 aromatic heterocycles. The molecule has 0 radical (unpaired) electrons. The summed E-state index contributed by atoms with van der Waals surface area (Å²) < 4.78 is 0. The molecule has 0 aromatic carbocycles. The second-order valence-electron chi connectivity index (χ2n) is 2.79. The van der Waals surface area contributed by atoms with E-state index in [-0.39, 0.29) is 5.91 Å². The molecule has 14 heavy (non-hydrogen) atoms. The van der Waals surface area contributed by atoms with Gasteiger partial charge in [-0.3, -0.25) is 14.6 Å². The first kappa shape index (κ1) is 10.7. The van der Waals surface area contributed by atoms with E-state index in [1.807, 2.05) is 25.1 Å². The lowest BCUT2D eigenvalue weighted by atomic mass is 10.3. The number of hydroxylamine groups is 2. The maximum absolute atomic E-state index is 11.1. The second-order valence-corrected chi connectivity index (χ2v) is 2.79. The van der Waals surface area contributed by atoms with Crippen molar-refractivity contribution >= 4 is 5.91 Å². The van der Waals surface area contributed by atoms with E-state index in [9.17, 15) is 4.79 Å². The minimum Gasteiger partial charge on any atom is -0.273 e. The minimum atomic E-state index is -0.113. The fraction of sp³-hybridized carbons (Fsp3) is 0.400. The number of carbonyl (C=O) groups is 1. The molecular weight excluding hydrogens is 180 g/mol. The summed E-state index contributed by atoms with van der Waals surface area (Å²) in [6, 6.07) is 5.57. The van der Waals surface area contributed by atoms with Crippen LogP contribution in [0.2, 0.25) is 0 Å². The first-order valence-corrected chi connectivity index (χ1v) is 4.55. The average Bonchev–Trinajstić information content (AvgIpc) is 2.18. The highest BCUT2D eigenvalue weighted by atomic mass is 16.7. The normalized spacial score (nSPS) is 9.86. The zero-order valence-electron chi connectivity index (χ0n) is 8.43. The number of hydrogen-bond acceptors (Lipinski definition) is 3. The van der Waals surface area contributed by atoms with Crippen molar-refractivity contribution in [1.29, 1.82) is 0 Å². The van der Waals surface area contributed by atoms with Crippen molar-refractivity contribution in [3.05, 3.63) is 30.1 Å². The SMILES string of the molecule is CCON(Cc1ccccn1)C(C)=O. The third-order valence-corrected chi connectivity index (χ3v) is 1.67. The summed E-state index contributed by atoms with van der Waals surface area (Å²) in [5.41, 5.74) is 0.816. The molecule has 0 aliphatic heterocycles. The standard InChI is InChI=1S/C10H14N2O2/c1-3-14-12(9(2)13)8-10-6-4-5-7-11-10/h4-7H,3,8H2,1-2H3. The van der Waals surface area contributed by atoms with Gasteiger partial charge >= 0.3 is 0 Å². The molecule has 4 heteroatoms. The number of aromatic nitrogens is 1. The first-order chi connectivity index (χ1) is 6.74. The molecule has 1 rings (SSSR count).